The van der Waals surface area contributed by atoms with Gasteiger partial charge in [0, 0.05) is 25.6 Å². The fourth-order valence-corrected chi connectivity index (χ4v) is 1.22. The molecule has 5 nitrogen and oxygen atoms in total. The van der Waals surface area contributed by atoms with E-state index in [1.165, 1.54) is 0 Å². The van der Waals surface area contributed by atoms with Crippen LogP contribution >= 0.6 is 0 Å². The standard InChI is InChI=1S/C10H20N2O3/c1-4-11-9(13)5-6-12(8(2)3)7-10(14)15/h8H,4-7H2,1-3H3,(H,11,13)(H,14,15). The first-order chi connectivity index (χ1) is 6.97. The van der Waals surface area contributed by atoms with Crippen molar-refractivity contribution in [2.45, 2.75) is 33.2 Å². The maximum Gasteiger partial charge on any atom is 0.317 e. The monoisotopic (exact) mass is 216 g/mol. The van der Waals surface area contributed by atoms with Gasteiger partial charge in [0.2, 0.25) is 5.91 Å². The Morgan fingerprint density at radius 3 is 2.40 bits per heavy atom. The maximum atomic E-state index is 11.2. The van der Waals surface area contributed by atoms with Crippen molar-refractivity contribution in [3.8, 4) is 0 Å². The second-order valence-electron chi connectivity index (χ2n) is 3.66. The number of aliphatic carboxylic acids is 1. The van der Waals surface area contributed by atoms with Crippen molar-refractivity contribution in [3.05, 3.63) is 0 Å². The summed E-state index contributed by atoms with van der Waals surface area (Å²) in [5.74, 6) is -0.895. The SMILES string of the molecule is CCNC(=O)CCN(CC(=O)O)C(C)C. The summed E-state index contributed by atoms with van der Waals surface area (Å²) in [6.07, 6.45) is 0.347. The van der Waals surface area contributed by atoms with Crippen LogP contribution in [0.15, 0.2) is 0 Å². The van der Waals surface area contributed by atoms with E-state index in [1.807, 2.05) is 20.8 Å². The molecule has 0 fully saturated rings. The highest BCUT2D eigenvalue weighted by molar-refractivity contribution is 5.76. The minimum atomic E-state index is -0.861. The van der Waals surface area contributed by atoms with Gasteiger partial charge in [-0.05, 0) is 20.8 Å². The van der Waals surface area contributed by atoms with E-state index in [1.54, 1.807) is 4.90 Å². The van der Waals surface area contributed by atoms with Gasteiger partial charge in [-0.1, -0.05) is 0 Å². The van der Waals surface area contributed by atoms with Crippen molar-refractivity contribution in [3.63, 3.8) is 0 Å². The lowest BCUT2D eigenvalue weighted by molar-refractivity contribution is -0.139. The van der Waals surface area contributed by atoms with Gasteiger partial charge < -0.3 is 10.4 Å². The van der Waals surface area contributed by atoms with Crippen LogP contribution in [0.25, 0.3) is 0 Å². The number of carbonyl (C=O) groups excluding carboxylic acids is 1. The highest BCUT2D eigenvalue weighted by Crippen LogP contribution is 1.99. The summed E-state index contributed by atoms with van der Waals surface area (Å²) in [6, 6.07) is 0.135. The van der Waals surface area contributed by atoms with Gasteiger partial charge >= 0.3 is 5.97 Å². The first-order valence-electron chi connectivity index (χ1n) is 5.19. The van der Waals surface area contributed by atoms with Gasteiger partial charge in [0.05, 0.1) is 6.54 Å². The molecule has 0 aromatic heterocycles. The van der Waals surface area contributed by atoms with Crippen LogP contribution in [0.5, 0.6) is 0 Å². The van der Waals surface area contributed by atoms with Crippen LogP contribution in [-0.2, 0) is 9.59 Å². The Hall–Kier alpha value is -1.10. The van der Waals surface area contributed by atoms with Crippen molar-refractivity contribution in [1.82, 2.24) is 10.2 Å². The number of carbonyl (C=O) groups is 2. The van der Waals surface area contributed by atoms with E-state index in [-0.39, 0.29) is 18.5 Å². The molecule has 0 rings (SSSR count). The third-order valence-corrected chi connectivity index (χ3v) is 2.07. The molecule has 0 unspecified atom stereocenters. The van der Waals surface area contributed by atoms with E-state index in [0.29, 0.717) is 19.5 Å². The van der Waals surface area contributed by atoms with Crippen LogP contribution in [0.3, 0.4) is 0 Å². The average Bonchev–Trinajstić information content (AvgIpc) is 2.11. The van der Waals surface area contributed by atoms with Gasteiger partial charge in [-0.25, -0.2) is 0 Å². The molecule has 88 valence electrons. The number of carboxylic acids is 1. The largest absolute Gasteiger partial charge is 0.480 e. The molecule has 1 amide bonds. The molecular weight excluding hydrogens is 196 g/mol. The Bertz CT molecular complexity index is 217. The third kappa shape index (κ3) is 6.90. The number of carboxylic acid groups (broad SMARTS) is 1. The second-order valence-corrected chi connectivity index (χ2v) is 3.66. The molecule has 0 aromatic rings. The predicted molar refractivity (Wildman–Crippen MR) is 57.6 cm³/mol. The Morgan fingerprint density at radius 2 is 2.00 bits per heavy atom. The number of amides is 1. The predicted octanol–water partition coefficient (Wildman–Crippen LogP) is 0.308. The summed E-state index contributed by atoms with van der Waals surface area (Å²) >= 11 is 0. The fourth-order valence-electron chi connectivity index (χ4n) is 1.22. The first-order valence-corrected chi connectivity index (χ1v) is 5.19. The average molecular weight is 216 g/mol. The quantitative estimate of drug-likeness (QED) is 0.642. The smallest absolute Gasteiger partial charge is 0.317 e. The zero-order valence-electron chi connectivity index (χ0n) is 9.62. The molecule has 0 aliphatic heterocycles. The summed E-state index contributed by atoms with van der Waals surface area (Å²) in [6.45, 7) is 6.77. The minimum absolute atomic E-state index is 0.0168. The number of rotatable bonds is 7. The van der Waals surface area contributed by atoms with Crippen molar-refractivity contribution in [1.29, 1.82) is 0 Å². The van der Waals surface area contributed by atoms with Crippen LogP contribution in [-0.4, -0.2) is 47.6 Å². The summed E-state index contributed by atoms with van der Waals surface area (Å²) in [7, 11) is 0. The van der Waals surface area contributed by atoms with Gasteiger partial charge in [-0.3, -0.25) is 14.5 Å². The van der Waals surface area contributed by atoms with Crippen LogP contribution < -0.4 is 5.32 Å². The zero-order chi connectivity index (χ0) is 11.8. The Labute approximate surface area is 90.5 Å². The van der Waals surface area contributed by atoms with Crippen molar-refractivity contribution in [2.24, 2.45) is 0 Å². The number of nitrogens with one attached hydrogen (secondary N) is 1. The molecule has 0 aliphatic rings. The maximum absolute atomic E-state index is 11.2. The molecule has 0 bridgehead atoms. The molecule has 0 saturated carbocycles. The molecule has 5 heteroatoms. The van der Waals surface area contributed by atoms with Crippen molar-refractivity contribution < 1.29 is 14.7 Å². The van der Waals surface area contributed by atoms with E-state index < -0.39 is 5.97 Å². The fraction of sp³-hybridized carbons (Fsp3) is 0.800. The van der Waals surface area contributed by atoms with Gasteiger partial charge in [-0.15, -0.1) is 0 Å². The minimum Gasteiger partial charge on any atom is -0.480 e. The molecular formula is C10H20N2O3. The molecule has 0 aromatic carbocycles. The van der Waals surface area contributed by atoms with E-state index in [2.05, 4.69) is 5.32 Å². The molecule has 2 N–H and O–H groups in total. The van der Waals surface area contributed by atoms with Crippen LogP contribution in [0.4, 0.5) is 0 Å². The molecule has 0 radical (unpaired) electrons. The lowest BCUT2D eigenvalue weighted by Crippen LogP contribution is -2.38. The third-order valence-electron chi connectivity index (χ3n) is 2.07. The normalized spacial score (nSPS) is 10.7. The highest BCUT2D eigenvalue weighted by Gasteiger charge is 2.14. The zero-order valence-corrected chi connectivity index (χ0v) is 9.62. The molecule has 0 spiro atoms. The van der Waals surface area contributed by atoms with Crippen molar-refractivity contribution in [2.75, 3.05) is 19.6 Å². The van der Waals surface area contributed by atoms with Crippen LogP contribution in [0, 0.1) is 0 Å². The Morgan fingerprint density at radius 1 is 1.40 bits per heavy atom. The molecule has 0 aliphatic carbocycles. The number of hydrogen-bond acceptors (Lipinski definition) is 3. The van der Waals surface area contributed by atoms with E-state index in [9.17, 15) is 9.59 Å². The Balaban J connectivity index is 3.96. The topological polar surface area (TPSA) is 69.6 Å². The summed E-state index contributed by atoms with van der Waals surface area (Å²) in [5, 5.41) is 11.3. The summed E-state index contributed by atoms with van der Waals surface area (Å²) < 4.78 is 0. The number of nitrogens with zero attached hydrogens (tertiary/aromatic N) is 1. The molecule has 0 atom stereocenters. The van der Waals surface area contributed by atoms with E-state index in [0.717, 1.165) is 0 Å². The lowest BCUT2D eigenvalue weighted by Gasteiger charge is -2.23. The molecule has 15 heavy (non-hydrogen) atoms. The highest BCUT2D eigenvalue weighted by atomic mass is 16.4. The van der Waals surface area contributed by atoms with Crippen LogP contribution in [0.2, 0.25) is 0 Å². The van der Waals surface area contributed by atoms with Crippen LogP contribution in [0.1, 0.15) is 27.2 Å². The first kappa shape index (κ1) is 13.9. The van der Waals surface area contributed by atoms with Gasteiger partial charge in [-0.2, -0.15) is 0 Å². The lowest BCUT2D eigenvalue weighted by atomic mass is 10.2. The second kappa shape index (κ2) is 7.23. The van der Waals surface area contributed by atoms with E-state index in [4.69, 9.17) is 5.11 Å². The summed E-state index contributed by atoms with van der Waals surface area (Å²) in [4.78, 5) is 23.5. The van der Waals surface area contributed by atoms with Gasteiger partial charge in [0.25, 0.3) is 0 Å². The van der Waals surface area contributed by atoms with E-state index >= 15 is 0 Å². The van der Waals surface area contributed by atoms with Gasteiger partial charge in [0.1, 0.15) is 0 Å². The van der Waals surface area contributed by atoms with Gasteiger partial charge in [0.15, 0.2) is 0 Å². The van der Waals surface area contributed by atoms with Crippen molar-refractivity contribution >= 4 is 11.9 Å². The summed E-state index contributed by atoms with van der Waals surface area (Å²) in [5.41, 5.74) is 0. The Kier molecular flexibility index (Phi) is 6.70. The number of hydrogen-bond donors (Lipinski definition) is 2. The molecule has 0 saturated heterocycles. The molecule has 0 heterocycles.